The molecule has 0 saturated heterocycles. The maximum atomic E-state index is 6.14. The molecule has 0 radical (unpaired) electrons. The van der Waals surface area contributed by atoms with Crippen molar-refractivity contribution in [3.05, 3.63) is 249 Å². The zero-order chi connectivity index (χ0) is 38.3. The minimum atomic E-state index is -3.33. The molecule has 0 amide bonds. The van der Waals surface area contributed by atoms with E-state index >= 15 is 0 Å². The molecule has 0 unspecified atom stereocenters. The molecule has 0 aliphatic carbocycles. The summed E-state index contributed by atoms with van der Waals surface area (Å²) < 4.78 is 11.8. The maximum absolute atomic E-state index is 6.14. The van der Waals surface area contributed by atoms with Crippen LogP contribution in [-0.4, -0.2) is 13.3 Å². The predicted octanol–water partition coefficient (Wildman–Crippen LogP) is 11.7. The van der Waals surface area contributed by atoms with E-state index in [-0.39, 0.29) is 0 Å². The summed E-state index contributed by atoms with van der Waals surface area (Å²) in [6.07, 6.45) is 0. The van der Waals surface area contributed by atoms with E-state index in [4.69, 9.17) is 4.74 Å². The van der Waals surface area contributed by atoms with Crippen molar-refractivity contribution in [2.45, 2.75) is 0 Å². The van der Waals surface area contributed by atoms with Crippen molar-refractivity contribution in [3.63, 3.8) is 0 Å². The molecule has 9 aromatic rings. The zero-order valence-corrected chi connectivity index (χ0v) is 33.6. The first kappa shape index (κ1) is 35.8. The van der Waals surface area contributed by atoms with Gasteiger partial charge >= 0.3 is 252 Å². The van der Waals surface area contributed by atoms with E-state index in [0.717, 1.165) is 28.6 Å². The van der Waals surface area contributed by atoms with Crippen LogP contribution >= 0.6 is 0 Å². The molecule has 0 aliphatic heterocycles. The standard InChI is InChI=1S/C54H41GeNO/c1-6-16-42(17-7-1)44-28-34-50(35-29-44)56(52-38-40-54(41-39-52)57-53-24-14-5-15-25-53)51-36-30-45(31-37-51)43-26-32-49(33-27-43)55(46-18-8-2-9-19-46,47-20-10-3-11-21-47)48-22-12-4-13-23-48/h1-41H. The summed E-state index contributed by atoms with van der Waals surface area (Å²) in [7, 11) is 0. The number of ether oxygens (including phenoxy) is 1. The summed E-state index contributed by atoms with van der Waals surface area (Å²) >= 11 is -3.33. The van der Waals surface area contributed by atoms with Gasteiger partial charge in [0.2, 0.25) is 0 Å². The fourth-order valence-corrected chi connectivity index (χ4v) is 17.9. The van der Waals surface area contributed by atoms with Gasteiger partial charge in [0.15, 0.2) is 0 Å². The van der Waals surface area contributed by atoms with Crippen molar-refractivity contribution in [1.29, 1.82) is 0 Å². The molecule has 9 aromatic carbocycles. The summed E-state index contributed by atoms with van der Waals surface area (Å²) in [4.78, 5) is 2.30. The Kier molecular flexibility index (Phi) is 10.3. The van der Waals surface area contributed by atoms with Crippen molar-refractivity contribution in [2.75, 3.05) is 4.90 Å². The van der Waals surface area contributed by atoms with E-state index in [2.05, 4.69) is 211 Å². The molecule has 9 rings (SSSR count). The molecule has 0 fully saturated rings. The van der Waals surface area contributed by atoms with Gasteiger partial charge in [0.25, 0.3) is 0 Å². The molecule has 0 aromatic heterocycles. The quantitative estimate of drug-likeness (QED) is 0.121. The molecule has 0 bridgehead atoms. The van der Waals surface area contributed by atoms with E-state index in [1.165, 1.54) is 39.8 Å². The van der Waals surface area contributed by atoms with Gasteiger partial charge in [-0.3, -0.25) is 0 Å². The van der Waals surface area contributed by atoms with Gasteiger partial charge in [-0.15, -0.1) is 0 Å². The van der Waals surface area contributed by atoms with Gasteiger partial charge < -0.3 is 4.74 Å². The molecule has 0 spiro atoms. The summed E-state index contributed by atoms with van der Waals surface area (Å²) in [6.45, 7) is 0. The minimum Gasteiger partial charge on any atom is -0.0586 e. The van der Waals surface area contributed by atoms with Crippen LogP contribution in [-0.2, 0) is 0 Å². The van der Waals surface area contributed by atoms with Gasteiger partial charge in [0, 0.05) is 0 Å². The smallest absolute Gasteiger partial charge is 0.0586 e. The van der Waals surface area contributed by atoms with Crippen molar-refractivity contribution >= 4 is 47.9 Å². The SMILES string of the molecule is c1ccc(Oc2ccc(N(c3ccc(-c4ccccc4)cc3)c3ccc(-c4cc[c]([Ge]([c]5ccccc5)([c]5ccccc5)[c]5ccccc5)cc4)cc3)cc2)cc1. The summed E-state index contributed by atoms with van der Waals surface area (Å²) in [5, 5.41) is 0. The van der Waals surface area contributed by atoms with E-state index < -0.39 is 13.3 Å². The number of hydrogen-bond donors (Lipinski definition) is 0. The van der Waals surface area contributed by atoms with Gasteiger partial charge in [0.05, 0.1) is 0 Å². The van der Waals surface area contributed by atoms with Gasteiger partial charge in [0.1, 0.15) is 11.5 Å². The first-order valence-corrected chi connectivity index (χ1v) is 23.6. The first-order chi connectivity index (χ1) is 28.3. The van der Waals surface area contributed by atoms with Crippen LogP contribution in [0.15, 0.2) is 249 Å². The Morgan fingerprint density at radius 1 is 0.246 bits per heavy atom. The Labute approximate surface area is 338 Å². The second-order valence-electron chi connectivity index (χ2n) is 14.1. The molecular formula is C54H41GeNO. The predicted molar refractivity (Wildman–Crippen MR) is 242 cm³/mol. The number of para-hydroxylation sites is 1. The van der Waals surface area contributed by atoms with E-state index in [0.29, 0.717) is 0 Å². The van der Waals surface area contributed by atoms with Crippen LogP contribution in [0.4, 0.5) is 17.1 Å². The van der Waals surface area contributed by atoms with E-state index in [1.54, 1.807) is 0 Å². The van der Waals surface area contributed by atoms with E-state index in [1.807, 2.05) is 42.5 Å². The number of anilines is 3. The summed E-state index contributed by atoms with van der Waals surface area (Å²) in [5.41, 5.74) is 7.95. The third kappa shape index (κ3) is 7.44. The number of hydrogen-bond acceptors (Lipinski definition) is 2. The zero-order valence-electron chi connectivity index (χ0n) is 31.5. The number of benzene rings is 9. The van der Waals surface area contributed by atoms with Gasteiger partial charge in [-0.1, -0.05) is 48.5 Å². The Morgan fingerprint density at radius 3 is 0.930 bits per heavy atom. The molecule has 0 saturated carbocycles. The van der Waals surface area contributed by atoms with Crippen molar-refractivity contribution in [3.8, 4) is 33.8 Å². The minimum absolute atomic E-state index is 0.795. The normalized spacial score (nSPS) is 11.2. The second kappa shape index (κ2) is 16.5. The van der Waals surface area contributed by atoms with Crippen LogP contribution in [0.5, 0.6) is 11.5 Å². The van der Waals surface area contributed by atoms with Crippen LogP contribution in [0.25, 0.3) is 22.3 Å². The first-order valence-electron chi connectivity index (χ1n) is 19.4. The molecule has 2 nitrogen and oxygen atoms in total. The summed E-state index contributed by atoms with van der Waals surface area (Å²) in [5.74, 6) is 1.61. The topological polar surface area (TPSA) is 12.5 Å². The molecule has 0 N–H and O–H groups in total. The molecule has 0 heterocycles. The number of rotatable bonds is 11. The Balaban J connectivity index is 1.07. The van der Waals surface area contributed by atoms with Crippen LogP contribution in [0.3, 0.4) is 0 Å². The van der Waals surface area contributed by atoms with Crippen LogP contribution in [0, 0.1) is 0 Å². The average Bonchev–Trinajstić information content (AvgIpc) is 3.30. The third-order valence-corrected chi connectivity index (χ3v) is 20.8. The molecule has 57 heavy (non-hydrogen) atoms. The second-order valence-corrected chi connectivity index (χ2v) is 22.1. The third-order valence-electron chi connectivity index (χ3n) is 10.7. The van der Waals surface area contributed by atoms with Crippen molar-refractivity contribution < 1.29 is 4.74 Å². The Hall–Kier alpha value is -6.88. The average molecular weight is 793 g/mol. The molecule has 0 aliphatic rings. The number of nitrogens with zero attached hydrogens (tertiary/aromatic N) is 1. The van der Waals surface area contributed by atoms with Gasteiger partial charge in [-0.25, -0.2) is 0 Å². The van der Waals surface area contributed by atoms with Crippen molar-refractivity contribution in [1.82, 2.24) is 0 Å². The molecule has 3 heteroatoms. The fourth-order valence-electron chi connectivity index (χ4n) is 7.95. The van der Waals surface area contributed by atoms with Gasteiger partial charge in [-0.2, -0.15) is 0 Å². The van der Waals surface area contributed by atoms with Crippen LogP contribution in [0.2, 0.25) is 0 Å². The fraction of sp³-hybridized carbons (Fsp3) is 0. The van der Waals surface area contributed by atoms with Crippen LogP contribution < -0.4 is 27.2 Å². The van der Waals surface area contributed by atoms with Gasteiger partial charge in [-0.05, 0) is 23.3 Å². The Morgan fingerprint density at radius 2 is 0.526 bits per heavy atom. The van der Waals surface area contributed by atoms with Crippen LogP contribution in [0.1, 0.15) is 0 Å². The summed E-state index contributed by atoms with van der Waals surface area (Å²) in [6, 6.07) is 89.3. The Bertz CT molecular complexity index is 2540. The van der Waals surface area contributed by atoms with Crippen molar-refractivity contribution in [2.24, 2.45) is 0 Å². The molecule has 272 valence electrons. The molecular weight excluding hydrogens is 751 g/mol. The monoisotopic (exact) mass is 793 g/mol. The van der Waals surface area contributed by atoms with E-state index in [9.17, 15) is 0 Å². The molecule has 0 atom stereocenters.